The van der Waals surface area contributed by atoms with Gasteiger partial charge in [0.2, 0.25) is 0 Å². The second-order valence-corrected chi connectivity index (χ2v) is 2.15. The summed E-state index contributed by atoms with van der Waals surface area (Å²) in [6.45, 7) is 1.99. The van der Waals surface area contributed by atoms with Crippen molar-refractivity contribution >= 4 is 24.8 Å². The molecule has 1 rings (SSSR count). The highest BCUT2D eigenvalue weighted by molar-refractivity contribution is 7.59. The molecule has 1 aromatic rings. The van der Waals surface area contributed by atoms with Crippen LogP contribution in [0.15, 0.2) is 11.6 Å². The molecule has 0 aliphatic rings. The molecule has 1 aromatic heterocycles. The molecule has 0 saturated carbocycles. The molecule has 3 heteroatoms. The van der Waals surface area contributed by atoms with Crippen LogP contribution in [0.2, 0.25) is 0 Å². The number of hydrogen-bond donors (Lipinski definition) is 0. The molecule has 0 N–H and O–H groups in total. The fraction of sp³-hybridized carbons (Fsp3) is 0.250. The van der Waals surface area contributed by atoms with Gasteiger partial charge in [-0.05, 0) is 6.92 Å². The van der Waals surface area contributed by atoms with Crippen molar-refractivity contribution in [1.29, 1.82) is 0 Å². The van der Waals surface area contributed by atoms with Gasteiger partial charge in [0.25, 0.3) is 0 Å². The van der Waals surface area contributed by atoms with Gasteiger partial charge in [-0.2, -0.15) is 13.5 Å². The Bertz CT molecular complexity index is 113. The first-order valence-electron chi connectivity index (χ1n) is 1.75. The van der Waals surface area contributed by atoms with E-state index in [2.05, 4.69) is 4.98 Å². The maximum atomic E-state index is 3.94. The Balaban J connectivity index is 0.000000360. The van der Waals surface area contributed by atoms with Crippen molar-refractivity contribution < 1.29 is 0 Å². The minimum absolute atomic E-state index is 0. The third-order valence-electron chi connectivity index (χ3n) is 0.556. The minimum Gasteiger partial charge on any atom is -0.250 e. The second kappa shape index (κ2) is 3.04. The van der Waals surface area contributed by atoms with E-state index >= 15 is 0 Å². The number of thiazole rings is 1. The van der Waals surface area contributed by atoms with Crippen LogP contribution in [0.1, 0.15) is 5.01 Å². The van der Waals surface area contributed by atoms with Gasteiger partial charge >= 0.3 is 0 Å². The molecule has 0 aliphatic carbocycles. The zero-order valence-electron chi connectivity index (χ0n) is 4.01. The number of rotatable bonds is 0. The van der Waals surface area contributed by atoms with Gasteiger partial charge in [0, 0.05) is 11.6 Å². The summed E-state index contributed by atoms with van der Waals surface area (Å²) in [5.41, 5.74) is 0. The van der Waals surface area contributed by atoms with E-state index in [9.17, 15) is 0 Å². The van der Waals surface area contributed by atoms with E-state index in [4.69, 9.17) is 0 Å². The predicted octanol–water partition coefficient (Wildman–Crippen LogP) is 1.56. The van der Waals surface area contributed by atoms with Gasteiger partial charge in [-0.15, -0.1) is 11.3 Å². The summed E-state index contributed by atoms with van der Waals surface area (Å²) in [4.78, 5) is 3.94. The van der Waals surface area contributed by atoms with E-state index in [1.165, 1.54) is 0 Å². The largest absolute Gasteiger partial charge is 0.250 e. The molecule has 0 unspecified atom stereocenters. The highest BCUT2D eigenvalue weighted by Gasteiger charge is 1.76. The van der Waals surface area contributed by atoms with E-state index in [1.807, 2.05) is 12.3 Å². The van der Waals surface area contributed by atoms with E-state index < -0.39 is 0 Å². The van der Waals surface area contributed by atoms with Crippen LogP contribution in [-0.4, -0.2) is 4.98 Å². The van der Waals surface area contributed by atoms with Gasteiger partial charge in [0.15, 0.2) is 0 Å². The van der Waals surface area contributed by atoms with E-state index in [1.54, 1.807) is 17.5 Å². The van der Waals surface area contributed by atoms with Crippen molar-refractivity contribution in [1.82, 2.24) is 4.98 Å². The highest BCUT2D eigenvalue weighted by Crippen LogP contribution is 1.98. The average Bonchev–Trinajstić information content (AvgIpc) is 1.86. The summed E-state index contributed by atoms with van der Waals surface area (Å²) in [5.74, 6) is 0. The molecule has 0 radical (unpaired) electrons. The Labute approximate surface area is 53.8 Å². The number of nitrogens with zero attached hydrogens (tertiary/aromatic N) is 1. The Morgan fingerprint density at radius 2 is 2.43 bits per heavy atom. The van der Waals surface area contributed by atoms with Crippen molar-refractivity contribution in [2.75, 3.05) is 0 Å². The molecule has 0 bridgehead atoms. The lowest BCUT2D eigenvalue weighted by atomic mass is 10.8. The Morgan fingerprint density at radius 1 is 1.71 bits per heavy atom. The van der Waals surface area contributed by atoms with Crippen molar-refractivity contribution in [2.24, 2.45) is 0 Å². The first-order valence-corrected chi connectivity index (χ1v) is 2.63. The number of hydrogen-bond acceptors (Lipinski definition) is 2. The van der Waals surface area contributed by atoms with E-state index in [0.717, 1.165) is 5.01 Å². The molecule has 0 atom stereocenters. The van der Waals surface area contributed by atoms with Crippen molar-refractivity contribution in [3.05, 3.63) is 16.6 Å². The summed E-state index contributed by atoms with van der Waals surface area (Å²) in [5, 5.41) is 3.10. The average molecular weight is 133 g/mol. The maximum absolute atomic E-state index is 3.94. The monoisotopic (exact) mass is 133 g/mol. The summed E-state index contributed by atoms with van der Waals surface area (Å²) in [6.07, 6.45) is 1.81. The zero-order chi connectivity index (χ0) is 4.41. The van der Waals surface area contributed by atoms with Crippen LogP contribution in [0.4, 0.5) is 0 Å². The van der Waals surface area contributed by atoms with E-state index in [-0.39, 0.29) is 13.5 Å². The third kappa shape index (κ3) is 1.94. The van der Waals surface area contributed by atoms with Crippen molar-refractivity contribution in [2.45, 2.75) is 6.92 Å². The zero-order valence-corrected chi connectivity index (χ0v) is 5.83. The Hall–Kier alpha value is -0.0200. The standard InChI is InChI=1S/C4H5NS.H2S/c1-4-5-2-3-6-4;/h2-3H,1H3;1H2. The summed E-state index contributed by atoms with van der Waals surface area (Å²) in [7, 11) is 0. The smallest absolute Gasteiger partial charge is 0.0893 e. The molecule has 1 nitrogen and oxygen atoms in total. The molecule has 40 valence electrons. The summed E-state index contributed by atoms with van der Waals surface area (Å²) < 4.78 is 0. The van der Waals surface area contributed by atoms with Crippen LogP contribution >= 0.6 is 24.8 Å². The number of aromatic nitrogens is 1. The van der Waals surface area contributed by atoms with Crippen LogP contribution in [0, 0.1) is 6.92 Å². The third-order valence-corrected chi connectivity index (χ3v) is 1.26. The van der Waals surface area contributed by atoms with Crippen LogP contribution in [0.5, 0.6) is 0 Å². The van der Waals surface area contributed by atoms with Gasteiger partial charge in [-0.1, -0.05) is 0 Å². The lowest BCUT2D eigenvalue weighted by Gasteiger charge is -1.65. The van der Waals surface area contributed by atoms with Crippen molar-refractivity contribution in [3.63, 3.8) is 0 Å². The molecule has 0 aliphatic heterocycles. The molecule has 7 heavy (non-hydrogen) atoms. The SMILES string of the molecule is Cc1nccs1.S. The minimum atomic E-state index is 0. The predicted molar refractivity (Wildman–Crippen MR) is 37.2 cm³/mol. The Kier molecular flexibility index (Phi) is 3.04. The normalized spacial score (nSPS) is 7.57. The van der Waals surface area contributed by atoms with Crippen molar-refractivity contribution in [3.8, 4) is 0 Å². The molecule has 0 spiro atoms. The molecule has 0 aromatic carbocycles. The first kappa shape index (κ1) is 6.98. The maximum Gasteiger partial charge on any atom is 0.0893 e. The molecular weight excluding hydrogens is 126 g/mol. The van der Waals surface area contributed by atoms with Crippen LogP contribution < -0.4 is 0 Å². The second-order valence-electron chi connectivity index (χ2n) is 1.05. The summed E-state index contributed by atoms with van der Waals surface area (Å²) in [6, 6.07) is 0. The fourth-order valence-corrected chi connectivity index (χ4v) is 0.735. The quantitative estimate of drug-likeness (QED) is 0.523. The molecule has 0 fully saturated rings. The number of aryl methyl sites for hydroxylation is 1. The fourth-order valence-electron chi connectivity index (χ4n) is 0.295. The molecule has 0 amide bonds. The Morgan fingerprint density at radius 3 is 2.57 bits per heavy atom. The topological polar surface area (TPSA) is 12.9 Å². The van der Waals surface area contributed by atoms with Gasteiger partial charge in [-0.25, -0.2) is 0 Å². The first-order chi connectivity index (χ1) is 2.89. The van der Waals surface area contributed by atoms with Crippen LogP contribution in [0.25, 0.3) is 0 Å². The lowest BCUT2D eigenvalue weighted by Crippen LogP contribution is -1.56. The molecular formula is C4H7NS2. The van der Waals surface area contributed by atoms with Crippen LogP contribution in [-0.2, 0) is 0 Å². The van der Waals surface area contributed by atoms with Gasteiger partial charge in [0.1, 0.15) is 0 Å². The van der Waals surface area contributed by atoms with E-state index in [0.29, 0.717) is 0 Å². The lowest BCUT2D eigenvalue weighted by molar-refractivity contribution is 1.30. The van der Waals surface area contributed by atoms with Gasteiger partial charge < -0.3 is 0 Å². The van der Waals surface area contributed by atoms with Gasteiger partial charge in [-0.3, -0.25) is 4.98 Å². The summed E-state index contributed by atoms with van der Waals surface area (Å²) >= 11 is 1.67. The van der Waals surface area contributed by atoms with Gasteiger partial charge in [0.05, 0.1) is 5.01 Å². The molecule has 0 saturated heterocycles. The van der Waals surface area contributed by atoms with Crippen LogP contribution in [0.3, 0.4) is 0 Å². The highest BCUT2D eigenvalue weighted by atomic mass is 32.1. The molecule has 1 heterocycles.